The average molecular weight is 422 g/mol. The molecule has 158 valence electrons. The predicted octanol–water partition coefficient (Wildman–Crippen LogP) is 5.64. The number of esters is 1. The fourth-order valence-corrected chi connectivity index (χ4v) is 4.99. The van der Waals surface area contributed by atoms with Crippen LogP contribution < -0.4 is 4.74 Å². The van der Waals surface area contributed by atoms with Crippen molar-refractivity contribution in [3.63, 3.8) is 0 Å². The Kier molecular flexibility index (Phi) is 5.20. The first kappa shape index (κ1) is 20.0. The van der Waals surface area contributed by atoms with Crippen LogP contribution in [0.15, 0.2) is 103 Å². The summed E-state index contributed by atoms with van der Waals surface area (Å²) in [5, 5.41) is 11.9. The summed E-state index contributed by atoms with van der Waals surface area (Å²) in [5.41, 5.74) is 1.68. The molecule has 4 aromatic carbocycles. The smallest absolute Gasteiger partial charge is 0.315 e. The minimum atomic E-state index is -0.901. The molecule has 1 unspecified atom stereocenters. The highest BCUT2D eigenvalue weighted by Crippen LogP contribution is 2.58. The molecule has 0 radical (unpaired) electrons. The summed E-state index contributed by atoms with van der Waals surface area (Å²) in [4.78, 5) is 25.9. The molecule has 0 spiro atoms. The molecule has 1 aliphatic rings. The van der Waals surface area contributed by atoms with Gasteiger partial charge in [0.15, 0.2) is 0 Å². The lowest BCUT2D eigenvalue weighted by molar-refractivity contribution is -0.158. The first-order chi connectivity index (χ1) is 15.6. The summed E-state index contributed by atoms with van der Waals surface area (Å²) in [7, 11) is 0. The molecule has 1 aliphatic carbocycles. The SMILES string of the molecule is O=C(O)[C@H]1C(c2ccccc2)[C@H](C(=O)Oc2cccc3ccccc23)[C@H]1c1ccccc1. The van der Waals surface area contributed by atoms with E-state index in [0.29, 0.717) is 5.75 Å². The number of carboxylic acid groups (broad SMARTS) is 1. The third-order valence-electron chi connectivity index (χ3n) is 6.43. The summed E-state index contributed by atoms with van der Waals surface area (Å²) in [6, 6.07) is 32.2. The van der Waals surface area contributed by atoms with Crippen molar-refractivity contribution in [1.82, 2.24) is 0 Å². The van der Waals surface area contributed by atoms with E-state index >= 15 is 0 Å². The van der Waals surface area contributed by atoms with Gasteiger partial charge in [-0.2, -0.15) is 0 Å². The lowest BCUT2D eigenvalue weighted by Crippen LogP contribution is -2.52. The molecule has 1 saturated carbocycles. The zero-order valence-electron chi connectivity index (χ0n) is 17.3. The molecule has 32 heavy (non-hydrogen) atoms. The molecule has 0 aromatic heterocycles. The Morgan fingerprint density at radius 3 is 1.75 bits per heavy atom. The lowest BCUT2D eigenvalue weighted by atomic mass is 9.52. The molecule has 4 heteroatoms. The zero-order valence-corrected chi connectivity index (χ0v) is 17.3. The number of ether oxygens (including phenoxy) is 1. The molecule has 0 saturated heterocycles. The van der Waals surface area contributed by atoms with Gasteiger partial charge in [-0.1, -0.05) is 97.1 Å². The van der Waals surface area contributed by atoms with E-state index in [1.54, 1.807) is 6.07 Å². The molecule has 4 nitrogen and oxygen atoms in total. The number of aliphatic carboxylic acids is 1. The summed E-state index contributed by atoms with van der Waals surface area (Å²) in [6.45, 7) is 0. The molecule has 4 atom stereocenters. The average Bonchev–Trinajstić information content (AvgIpc) is 2.80. The number of benzene rings is 4. The third-order valence-corrected chi connectivity index (χ3v) is 6.43. The monoisotopic (exact) mass is 422 g/mol. The zero-order chi connectivity index (χ0) is 22.1. The summed E-state index contributed by atoms with van der Waals surface area (Å²) in [6.07, 6.45) is 0. The van der Waals surface area contributed by atoms with Crippen molar-refractivity contribution in [2.45, 2.75) is 11.8 Å². The van der Waals surface area contributed by atoms with Gasteiger partial charge < -0.3 is 9.84 Å². The Hall–Kier alpha value is -3.92. The minimum Gasteiger partial charge on any atom is -0.481 e. The van der Waals surface area contributed by atoms with Crippen LogP contribution in [0.2, 0.25) is 0 Å². The van der Waals surface area contributed by atoms with Gasteiger partial charge in [0.1, 0.15) is 5.75 Å². The minimum absolute atomic E-state index is 0.401. The summed E-state index contributed by atoms with van der Waals surface area (Å²) in [5.74, 6) is -3.03. The quantitative estimate of drug-likeness (QED) is 0.334. The summed E-state index contributed by atoms with van der Waals surface area (Å²) < 4.78 is 5.93. The molecular formula is C28H22O4. The van der Waals surface area contributed by atoms with Crippen LogP contribution in [0.1, 0.15) is 23.0 Å². The van der Waals surface area contributed by atoms with E-state index < -0.39 is 35.6 Å². The van der Waals surface area contributed by atoms with Gasteiger partial charge in [-0.05, 0) is 22.6 Å². The van der Waals surface area contributed by atoms with E-state index in [1.165, 1.54) is 0 Å². The predicted molar refractivity (Wildman–Crippen MR) is 123 cm³/mol. The highest BCUT2D eigenvalue weighted by molar-refractivity contribution is 5.92. The van der Waals surface area contributed by atoms with E-state index in [9.17, 15) is 14.7 Å². The molecule has 1 fully saturated rings. The van der Waals surface area contributed by atoms with Gasteiger partial charge in [0.25, 0.3) is 0 Å². The lowest BCUT2D eigenvalue weighted by Gasteiger charge is -2.49. The van der Waals surface area contributed by atoms with Gasteiger partial charge in [0.05, 0.1) is 11.8 Å². The van der Waals surface area contributed by atoms with Gasteiger partial charge in [-0.15, -0.1) is 0 Å². The molecule has 0 heterocycles. The van der Waals surface area contributed by atoms with Crippen molar-refractivity contribution in [1.29, 1.82) is 0 Å². The van der Waals surface area contributed by atoms with Gasteiger partial charge >= 0.3 is 11.9 Å². The number of carboxylic acids is 1. The molecular weight excluding hydrogens is 400 g/mol. The van der Waals surface area contributed by atoms with Crippen molar-refractivity contribution >= 4 is 22.7 Å². The first-order valence-electron chi connectivity index (χ1n) is 10.7. The number of carbonyl (C=O) groups excluding carboxylic acids is 1. The van der Waals surface area contributed by atoms with Crippen molar-refractivity contribution in [3.05, 3.63) is 114 Å². The number of rotatable bonds is 5. The van der Waals surface area contributed by atoms with E-state index in [0.717, 1.165) is 21.9 Å². The van der Waals surface area contributed by atoms with Crippen LogP contribution in [0.25, 0.3) is 10.8 Å². The van der Waals surface area contributed by atoms with Crippen LogP contribution in [-0.2, 0) is 9.59 Å². The fraction of sp³-hybridized carbons (Fsp3) is 0.143. The number of hydrogen-bond acceptors (Lipinski definition) is 3. The standard InChI is InChI=1S/C28H22O4/c29-27(30)25-23(19-11-3-1-4-12-19)26(24(25)20-13-5-2-6-14-20)28(31)32-22-17-9-15-18-10-7-8-16-21(18)22/h1-17,23-26H,(H,29,30)/t23-,24?,25+,26+/m0/s1. The van der Waals surface area contributed by atoms with Gasteiger partial charge in [0.2, 0.25) is 0 Å². The van der Waals surface area contributed by atoms with Crippen molar-refractivity contribution < 1.29 is 19.4 Å². The second-order valence-corrected chi connectivity index (χ2v) is 8.16. The van der Waals surface area contributed by atoms with Crippen LogP contribution >= 0.6 is 0 Å². The second kappa shape index (κ2) is 8.31. The van der Waals surface area contributed by atoms with E-state index in [1.807, 2.05) is 97.1 Å². The Bertz CT molecular complexity index is 1210. The Morgan fingerprint density at radius 1 is 0.625 bits per heavy atom. The maximum absolute atomic E-state index is 13.6. The van der Waals surface area contributed by atoms with Crippen LogP contribution in [0.4, 0.5) is 0 Å². The van der Waals surface area contributed by atoms with Gasteiger partial charge in [-0.25, -0.2) is 0 Å². The van der Waals surface area contributed by atoms with Crippen molar-refractivity contribution in [2.24, 2.45) is 11.8 Å². The van der Waals surface area contributed by atoms with Crippen LogP contribution in [-0.4, -0.2) is 17.0 Å². The number of carbonyl (C=O) groups is 2. The van der Waals surface area contributed by atoms with Crippen molar-refractivity contribution in [3.8, 4) is 5.75 Å². The normalized spacial score (nSPS) is 22.1. The molecule has 0 amide bonds. The van der Waals surface area contributed by atoms with Crippen LogP contribution in [0.5, 0.6) is 5.75 Å². The largest absolute Gasteiger partial charge is 0.481 e. The van der Waals surface area contributed by atoms with E-state index in [2.05, 4.69) is 0 Å². The maximum Gasteiger partial charge on any atom is 0.315 e. The summed E-state index contributed by atoms with van der Waals surface area (Å²) >= 11 is 0. The van der Waals surface area contributed by atoms with E-state index in [-0.39, 0.29) is 0 Å². The molecule has 0 bridgehead atoms. The van der Waals surface area contributed by atoms with Crippen LogP contribution in [0.3, 0.4) is 0 Å². The molecule has 4 aromatic rings. The van der Waals surface area contributed by atoms with Crippen molar-refractivity contribution in [2.75, 3.05) is 0 Å². The number of hydrogen-bond donors (Lipinski definition) is 1. The fourth-order valence-electron chi connectivity index (χ4n) is 4.99. The second-order valence-electron chi connectivity index (χ2n) is 8.16. The number of fused-ring (bicyclic) bond motifs is 1. The first-order valence-corrected chi connectivity index (χ1v) is 10.7. The van der Waals surface area contributed by atoms with E-state index in [4.69, 9.17) is 4.74 Å². The Labute approximate surface area is 186 Å². The molecule has 5 rings (SSSR count). The van der Waals surface area contributed by atoms with Gasteiger partial charge in [0, 0.05) is 17.2 Å². The Balaban J connectivity index is 1.55. The molecule has 0 aliphatic heterocycles. The highest BCUT2D eigenvalue weighted by atomic mass is 16.5. The third kappa shape index (κ3) is 3.44. The maximum atomic E-state index is 13.6. The van der Waals surface area contributed by atoms with Crippen LogP contribution in [0, 0.1) is 11.8 Å². The molecule has 1 N–H and O–H groups in total. The Morgan fingerprint density at radius 2 is 1.16 bits per heavy atom. The highest BCUT2D eigenvalue weighted by Gasteiger charge is 2.59. The topological polar surface area (TPSA) is 63.6 Å². The van der Waals surface area contributed by atoms with Gasteiger partial charge in [-0.3, -0.25) is 9.59 Å².